The molecule has 14 heavy (non-hydrogen) atoms. The molecule has 0 aliphatic rings. The normalized spacial score (nSPS) is 15.4. The maximum absolute atomic E-state index is 5.79. The van der Waals surface area contributed by atoms with Gasteiger partial charge in [0.2, 0.25) is 0 Å². The molecule has 0 aromatic carbocycles. The van der Waals surface area contributed by atoms with Crippen LogP contribution in [-0.4, -0.2) is 17.8 Å². The highest BCUT2D eigenvalue weighted by Crippen LogP contribution is 2.28. The SMILES string of the molecule is CCC(C)(CN)c1csc(CSC)n1. The Morgan fingerprint density at radius 1 is 1.64 bits per heavy atom. The van der Waals surface area contributed by atoms with E-state index in [4.69, 9.17) is 5.73 Å². The Kier molecular flexibility index (Phi) is 4.41. The van der Waals surface area contributed by atoms with E-state index in [-0.39, 0.29) is 5.41 Å². The maximum Gasteiger partial charge on any atom is 0.103 e. The van der Waals surface area contributed by atoms with E-state index in [0.717, 1.165) is 17.9 Å². The van der Waals surface area contributed by atoms with Gasteiger partial charge in [0.05, 0.1) is 5.69 Å². The van der Waals surface area contributed by atoms with Crippen molar-refractivity contribution >= 4 is 23.1 Å². The minimum atomic E-state index is 0.0627. The number of thioether (sulfide) groups is 1. The number of hydrogen-bond acceptors (Lipinski definition) is 4. The second-order valence-electron chi connectivity index (χ2n) is 3.68. The van der Waals surface area contributed by atoms with Gasteiger partial charge in [-0.15, -0.1) is 11.3 Å². The third-order valence-electron chi connectivity index (χ3n) is 2.67. The van der Waals surface area contributed by atoms with Crippen LogP contribution in [-0.2, 0) is 11.2 Å². The molecule has 1 atom stereocenters. The molecule has 0 radical (unpaired) electrons. The van der Waals surface area contributed by atoms with Crippen LogP contribution in [0.15, 0.2) is 5.38 Å². The van der Waals surface area contributed by atoms with Gasteiger partial charge in [-0.3, -0.25) is 0 Å². The second-order valence-corrected chi connectivity index (χ2v) is 5.49. The van der Waals surface area contributed by atoms with Gasteiger partial charge in [-0.25, -0.2) is 4.98 Å². The van der Waals surface area contributed by atoms with Crippen LogP contribution in [0.4, 0.5) is 0 Å². The standard InChI is InChI=1S/C10H18N2S2/c1-4-10(2,7-11)8-5-14-9(12-8)6-13-3/h5H,4,6-7,11H2,1-3H3. The van der Waals surface area contributed by atoms with Crippen LogP contribution in [0, 0.1) is 0 Å². The Bertz CT molecular complexity index is 279. The van der Waals surface area contributed by atoms with Crippen LogP contribution in [0.5, 0.6) is 0 Å². The lowest BCUT2D eigenvalue weighted by atomic mass is 9.85. The number of nitrogens with zero attached hydrogens (tertiary/aromatic N) is 1. The minimum Gasteiger partial charge on any atom is -0.330 e. The van der Waals surface area contributed by atoms with Gasteiger partial charge in [0.1, 0.15) is 5.01 Å². The predicted octanol–water partition coefficient (Wildman–Crippen LogP) is 2.63. The van der Waals surface area contributed by atoms with E-state index in [0.29, 0.717) is 6.54 Å². The summed E-state index contributed by atoms with van der Waals surface area (Å²) in [5, 5.41) is 3.36. The van der Waals surface area contributed by atoms with Crippen molar-refractivity contribution in [3.63, 3.8) is 0 Å². The minimum absolute atomic E-state index is 0.0627. The molecular weight excluding hydrogens is 212 g/mol. The fourth-order valence-corrected chi connectivity index (χ4v) is 2.88. The third kappa shape index (κ3) is 2.49. The smallest absolute Gasteiger partial charge is 0.103 e. The molecule has 0 amide bonds. The van der Waals surface area contributed by atoms with Crippen LogP contribution in [0.25, 0.3) is 0 Å². The van der Waals surface area contributed by atoms with E-state index in [1.165, 1.54) is 5.01 Å². The molecule has 0 saturated carbocycles. The number of aromatic nitrogens is 1. The summed E-state index contributed by atoms with van der Waals surface area (Å²) in [7, 11) is 0. The first-order valence-electron chi connectivity index (χ1n) is 4.80. The number of thiazole rings is 1. The third-order valence-corrected chi connectivity index (χ3v) is 4.26. The van der Waals surface area contributed by atoms with E-state index in [9.17, 15) is 0 Å². The Morgan fingerprint density at radius 2 is 2.36 bits per heavy atom. The van der Waals surface area contributed by atoms with Crippen molar-refractivity contribution in [1.82, 2.24) is 4.98 Å². The zero-order valence-electron chi connectivity index (χ0n) is 9.04. The van der Waals surface area contributed by atoms with Crippen molar-refractivity contribution in [3.05, 3.63) is 16.1 Å². The summed E-state index contributed by atoms with van der Waals surface area (Å²) in [5.74, 6) is 1.01. The van der Waals surface area contributed by atoms with Gasteiger partial charge in [0.15, 0.2) is 0 Å². The highest BCUT2D eigenvalue weighted by Gasteiger charge is 2.25. The topological polar surface area (TPSA) is 38.9 Å². The van der Waals surface area contributed by atoms with Crippen LogP contribution in [0.1, 0.15) is 31.0 Å². The van der Waals surface area contributed by atoms with Gasteiger partial charge in [-0.1, -0.05) is 13.8 Å². The number of nitrogens with two attached hydrogens (primary N) is 1. The number of hydrogen-bond donors (Lipinski definition) is 1. The molecule has 4 heteroatoms. The monoisotopic (exact) mass is 230 g/mol. The zero-order chi connectivity index (χ0) is 10.6. The molecule has 0 spiro atoms. The molecule has 0 fully saturated rings. The molecule has 1 aromatic rings. The summed E-state index contributed by atoms with van der Waals surface area (Å²) in [5.41, 5.74) is 7.02. The Balaban J connectivity index is 2.84. The first-order valence-corrected chi connectivity index (χ1v) is 7.07. The van der Waals surface area contributed by atoms with Gasteiger partial charge >= 0.3 is 0 Å². The first-order chi connectivity index (χ1) is 6.66. The molecule has 2 N–H and O–H groups in total. The quantitative estimate of drug-likeness (QED) is 0.845. The average Bonchev–Trinajstić information content (AvgIpc) is 2.66. The molecule has 1 aromatic heterocycles. The van der Waals surface area contributed by atoms with Crippen molar-refractivity contribution in [3.8, 4) is 0 Å². The lowest BCUT2D eigenvalue weighted by Crippen LogP contribution is -2.31. The van der Waals surface area contributed by atoms with Crippen LogP contribution in [0.3, 0.4) is 0 Å². The molecule has 0 aliphatic heterocycles. The van der Waals surface area contributed by atoms with Gasteiger partial charge in [-0.05, 0) is 12.7 Å². The molecule has 2 nitrogen and oxygen atoms in total. The van der Waals surface area contributed by atoms with Crippen molar-refractivity contribution in [1.29, 1.82) is 0 Å². The summed E-state index contributed by atoms with van der Waals surface area (Å²) >= 11 is 3.55. The van der Waals surface area contributed by atoms with Crippen molar-refractivity contribution in [2.45, 2.75) is 31.4 Å². The predicted molar refractivity (Wildman–Crippen MR) is 66.0 cm³/mol. The van der Waals surface area contributed by atoms with E-state index >= 15 is 0 Å². The molecule has 0 saturated heterocycles. The lowest BCUT2D eigenvalue weighted by molar-refractivity contribution is 0.455. The molecule has 0 aliphatic carbocycles. The zero-order valence-corrected chi connectivity index (χ0v) is 10.7. The molecule has 1 heterocycles. The maximum atomic E-state index is 5.79. The van der Waals surface area contributed by atoms with Crippen LogP contribution < -0.4 is 5.73 Å². The molecule has 80 valence electrons. The van der Waals surface area contributed by atoms with Gasteiger partial charge < -0.3 is 5.73 Å². The number of rotatable bonds is 5. The van der Waals surface area contributed by atoms with Gasteiger partial charge in [0.25, 0.3) is 0 Å². The Morgan fingerprint density at radius 3 is 2.86 bits per heavy atom. The molecule has 1 unspecified atom stereocenters. The average molecular weight is 230 g/mol. The van der Waals surface area contributed by atoms with Crippen molar-refractivity contribution < 1.29 is 0 Å². The summed E-state index contributed by atoms with van der Waals surface area (Å²) < 4.78 is 0. The van der Waals surface area contributed by atoms with Crippen LogP contribution in [0.2, 0.25) is 0 Å². The first kappa shape index (κ1) is 12.0. The van der Waals surface area contributed by atoms with E-state index in [2.05, 4.69) is 30.5 Å². The molecule has 0 bridgehead atoms. The Labute approximate surface area is 94.3 Å². The summed E-state index contributed by atoms with van der Waals surface area (Å²) in [6, 6.07) is 0. The fraction of sp³-hybridized carbons (Fsp3) is 0.700. The highest BCUT2D eigenvalue weighted by molar-refractivity contribution is 7.97. The summed E-state index contributed by atoms with van der Waals surface area (Å²) in [4.78, 5) is 4.63. The summed E-state index contributed by atoms with van der Waals surface area (Å²) in [6.45, 7) is 5.03. The van der Waals surface area contributed by atoms with E-state index in [1.54, 1.807) is 11.3 Å². The lowest BCUT2D eigenvalue weighted by Gasteiger charge is -2.23. The fourth-order valence-electron chi connectivity index (χ4n) is 1.21. The molecule has 1 rings (SSSR count). The largest absolute Gasteiger partial charge is 0.330 e. The van der Waals surface area contributed by atoms with E-state index < -0.39 is 0 Å². The Hall–Kier alpha value is -0.0600. The van der Waals surface area contributed by atoms with Crippen molar-refractivity contribution in [2.24, 2.45) is 5.73 Å². The van der Waals surface area contributed by atoms with Gasteiger partial charge in [0, 0.05) is 23.1 Å². The van der Waals surface area contributed by atoms with Gasteiger partial charge in [-0.2, -0.15) is 11.8 Å². The van der Waals surface area contributed by atoms with Crippen molar-refractivity contribution in [2.75, 3.05) is 12.8 Å². The van der Waals surface area contributed by atoms with E-state index in [1.807, 2.05) is 11.8 Å². The van der Waals surface area contributed by atoms with Crippen LogP contribution >= 0.6 is 23.1 Å². The molecular formula is C10H18N2S2. The second kappa shape index (κ2) is 5.14. The summed E-state index contributed by atoms with van der Waals surface area (Å²) in [6.07, 6.45) is 3.15. The highest BCUT2D eigenvalue weighted by atomic mass is 32.2.